The molecule has 0 saturated heterocycles. The highest BCUT2D eigenvalue weighted by molar-refractivity contribution is 7.86. The van der Waals surface area contributed by atoms with Crippen molar-refractivity contribution in [2.45, 2.75) is 50.0 Å². The maximum Gasteiger partial charge on any atom is 0.326 e. The van der Waals surface area contributed by atoms with Crippen LogP contribution in [0.5, 0.6) is 0 Å². The number of imidazole rings is 1. The summed E-state index contributed by atoms with van der Waals surface area (Å²) < 4.78 is 33.5. The van der Waals surface area contributed by atoms with Gasteiger partial charge >= 0.3 is 5.97 Å². The number of carboxylic acid groups (broad SMARTS) is 1. The number of nitrogens with one attached hydrogen (secondary N) is 1. The number of nitrogens with zero attached hydrogens (tertiary/aromatic N) is 2. The molecule has 2 rings (SSSR count). The van der Waals surface area contributed by atoms with Crippen LogP contribution in [0.2, 0.25) is 0 Å². The molecule has 0 bridgehead atoms. The van der Waals surface area contributed by atoms with E-state index in [-0.39, 0.29) is 11.4 Å². The van der Waals surface area contributed by atoms with Gasteiger partial charge in [0.15, 0.2) is 5.82 Å². The van der Waals surface area contributed by atoms with Crippen LogP contribution in [0.3, 0.4) is 0 Å². The molecule has 1 amide bonds. The number of hydrogen-bond acceptors (Lipinski definition) is 5. The molecular formula is C18H23N3O6S. The van der Waals surface area contributed by atoms with Crippen molar-refractivity contribution in [2.75, 3.05) is 5.32 Å². The van der Waals surface area contributed by atoms with Crippen LogP contribution in [0.4, 0.5) is 5.82 Å². The standard InChI is InChI=1S/C18H23N3O6S/c1-2-3-4-5-9-14(18(23)24)21-11-16(19-12-21)20-17(22)13-8-6-7-10-15(13)28(25,26)27/h6-8,10-12,14H,2-5,9H2,1H3,(H,20,22)(H,23,24)(H,25,26,27)/t14-/m0/s1. The van der Waals surface area contributed by atoms with Gasteiger partial charge in [0, 0.05) is 6.20 Å². The summed E-state index contributed by atoms with van der Waals surface area (Å²) in [6.45, 7) is 2.07. The Hall–Kier alpha value is -2.72. The first kappa shape index (κ1) is 21.6. The monoisotopic (exact) mass is 409 g/mol. The fraction of sp³-hybridized carbons (Fsp3) is 0.389. The Morgan fingerprint density at radius 1 is 1.21 bits per heavy atom. The Morgan fingerprint density at radius 2 is 1.93 bits per heavy atom. The van der Waals surface area contributed by atoms with Crippen molar-refractivity contribution >= 4 is 27.8 Å². The third-order valence-corrected chi connectivity index (χ3v) is 5.14. The lowest BCUT2D eigenvalue weighted by atomic mass is 10.1. The molecule has 0 aliphatic rings. The first-order valence-corrected chi connectivity index (χ1v) is 10.3. The summed E-state index contributed by atoms with van der Waals surface area (Å²) >= 11 is 0. The number of carboxylic acids is 1. The number of unbranched alkanes of at least 4 members (excludes halogenated alkanes) is 3. The topological polar surface area (TPSA) is 139 Å². The molecule has 0 unspecified atom stereocenters. The zero-order valence-electron chi connectivity index (χ0n) is 15.4. The lowest BCUT2D eigenvalue weighted by molar-refractivity contribution is -0.141. The highest BCUT2D eigenvalue weighted by atomic mass is 32.2. The normalized spacial score (nSPS) is 12.5. The van der Waals surface area contributed by atoms with E-state index in [1.807, 2.05) is 0 Å². The first-order valence-electron chi connectivity index (χ1n) is 8.88. The highest BCUT2D eigenvalue weighted by Crippen LogP contribution is 2.20. The molecule has 152 valence electrons. The molecule has 1 heterocycles. The average molecular weight is 409 g/mol. The number of carbonyl (C=O) groups excluding carboxylic acids is 1. The number of benzene rings is 1. The summed E-state index contributed by atoms with van der Waals surface area (Å²) in [6.07, 6.45) is 6.90. The van der Waals surface area contributed by atoms with Crippen molar-refractivity contribution < 1.29 is 27.7 Å². The molecule has 3 N–H and O–H groups in total. The Morgan fingerprint density at radius 3 is 2.57 bits per heavy atom. The minimum atomic E-state index is -4.57. The zero-order chi connectivity index (χ0) is 20.7. The van der Waals surface area contributed by atoms with E-state index in [0.717, 1.165) is 31.7 Å². The maximum atomic E-state index is 12.4. The van der Waals surface area contributed by atoms with Crippen LogP contribution in [0.1, 0.15) is 55.4 Å². The maximum absolute atomic E-state index is 12.4. The van der Waals surface area contributed by atoms with Crippen LogP contribution in [-0.2, 0) is 14.9 Å². The number of hydrogen-bond donors (Lipinski definition) is 3. The van der Waals surface area contributed by atoms with E-state index in [4.69, 9.17) is 0 Å². The Kier molecular flexibility index (Phi) is 7.30. The summed E-state index contributed by atoms with van der Waals surface area (Å²) in [4.78, 5) is 27.4. The molecule has 28 heavy (non-hydrogen) atoms. The molecule has 1 aromatic heterocycles. The van der Waals surface area contributed by atoms with Crippen LogP contribution in [-0.4, -0.2) is 39.5 Å². The van der Waals surface area contributed by atoms with Gasteiger partial charge in [-0.1, -0.05) is 44.7 Å². The predicted octanol–water partition coefficient (Wildman–Crippen LogP) is 2.98. The Labute approximate surface area is 163 Å². The SMILES string of the molecule is CCCCCC[C@@H](C(=O)O)n1cnc(NC(=O)c2ccccc2S(=O)(=O)O)c1. The molecule has 0 aliphatic heterocycles. The molecule has 0 spiro atoms. The van der Waals surface area contributed by atoms with Gasteiger partial charge in [-0.05, 0) is 18.6 Å². The number of carbonyl (C=O) groups is 2. The van der Waals surface area contributed by atoms with Crippen molar-refractivity contribution in [3.05, 3.63) is 42.4 Å². The first-order chi connectivity index (χ1) is 13.2. The number of aromatic nitrogens is 2. The highest BCUT2D eigenvalue weighted by Gasteiger charge is 2.22. The van der Waals surface area contributed by atoms with E-state index in [1.54, 1.807) is 0 Å². The zero-order valence-corrected chi connectivity index (χ0v) is 16.2. The molecule has 1 aromatic carbocycles. The molecule has 0 radical (unpaired) electrons. The van der Waals surface area contributed by atoms with Gasteiger partial charge in [-0.2, -0.15) is 8.42 Å². The number of amides is 1. The number of anilines is 1. The molecule has 0 fully saturated rings. The molecule has 0 saturated carbocycles. The minimum Gasteiger partial charge on any atom is -0.480 e. The van der Waals surface area contributed by atoms with Gasteiger partial charge in [0.1, 0.15) is 10.9 Å². The van der Waals surface area contributed by atoms with E-state index in [0.29, 0.717) is 6.42 Å². The third kappa shape index (κ3) is 5.64. The molecule has 10 heteroatoms. The van der Waals surface area contributed by atoms with Gasteiger partial charge in [-0.3, -0.25) is 9.35 Å². The summed E-state index contributed by atoms with van der Waals surface area (Å²) in [5.41, 5.74) is -0.242. The van der Waals surface area contributed by atoms with Gasteiger partial charge < -0.3 is 15.0 Å². The molecule has 0 aliphatic carbocycles. The van der Waals surface area contributed by atoms with Crippen molar-refractivity contribution in [3.63, 3.8) is 0 Å². The van der Waals surface area contributed by atoms with E-state index in [9.17, 15) is 27.7 Å². The number of aliphatic carboxylic acids is 1. The molecule has 9 nitrogen and oxygen atoms in total. The lowest BCUT2D eigenvalue weighted by Crippen LogP contribution is -2.18. The second-order valence-electron chi connectivity index (χ2n) is 6.33. The van der Waals surface area contributed by atoms with Crippen LogP contribution in [0, 0.1) is 0 Å². The van der Waals surface area contributed by atoms with Crippen molar-refractivity contribution in [1.29, 1.82) is 0 Å². The predicted molar refractivity (Wildman–Crippen MR) is 102 cm³/mol. The fourth-order valence-corrected chi connectivity index (χ4v) is 3.49. The largest absolute Gasteiger partial charge is 0.480 e. The smallest absolute Gasteiger partial charge is 0.326 e. The van der Waals surface area contributed by atoms with Gasteiger partial charge in [0.25, 0.3) is 16.0 Å². The molecule has 2 aromatic rings. The summed E-state index contributed by atoms with van der Waals surface area (Å²) in [6, 6.07) is 4.40. The molecule has 1 atom stereocenters. The van der Waals surface area contributed by atoms with E-state index in [2.05, 4.69) is 17.2 Å². The molecular weight excluding hydrogens is 386 g/mol. The third-order valence-electron chi connectivity index (χ3n) is 4.23. The van der Waals surface area contributed by atoms with E-state index < -0.39 is 32.9 Å². The summed E-state index contributed by atoms with van der Waals surface area (Å²) in [7, 11) is -4.57. The Bertz CT molecular complexity index is 938. The van der Waals surface area contributed by atoms with Gasteiger partial charge in [-0.15, -0.1) is 0 Å². The van der Waals surface area contributed by atoms with Gasteiger partial charge in [0.05, 0.1) is 11.9 Å². The minimum absolute atomic E-state index is 0.0787. The van der Waals surface area contributed by atoms with Crippen LogP contribution in [0.15, 0.2) is 41.7 Å². The van der Waals surface area contributed by atoms with Gasteiger partial charge in [-0.25, -0.2) is 9.78 Å². The second-order valence-corrected chi connectivity index (χ2v) is 7.72. The number of rotatable bonds is 10. The van der Waals surface area contributed by atoms with Crippen LogP contribution < -0.4 is 5.32 Å². The van der Waals surface area contributed by atoms with E-state index in [1.165, 1.54) is 35.3 Å². The fourth-order valence-electron chi connectivity index (χ4n) is 2.80. The quantitative estimate of drug-likeness (QED) is 0.405. The second kappa shape index (κ2) is 9.47. The van der Waals surface area contributed by atoms with Gasteiger partial charge in [0.2, 0.25) is 0 Å². The summed E-state index contributed by atoms with van der Waals surface area (Å²) in [5, 5.41) is 11.9. The van der Waals surface area contributed by atoms with Crippen molar-refractivity contribution in [3.8, 4) is 0 Å². The van der Waals surface area contributed by atoms with Crippen molar-refractivity contribution in [1.82, 2.24) is 9.55 Å². The van der Waals surface area contributed by atoms with Crippen LogP contribution in [0.25, 0.3) is 0 Å². The van der Waals surface area contributed by atoms with Crippen LogP contribution >= 0.6 is 0 Å². The Balaban J connectivity index is 2.14. The summed E-state index contributed by atoms with van der Waals surface area (Å²) in [5.74, 6) is -1.70. The lowest BCUT2D eigenvalue weighted by Gasteiger charge is -2.13. The van der Waals surface area contributed by atoms with E-state index >= 15 is 0 Å². The van der Waals surface area contributed by atoms with Crippen molar-refractivity contribution in [2.24, 2.45) is 0 Å². The average Bonchev–Trinajstić information content (AvgIpc) is 3.08.